The average molecular weight is 215 g/mol. The van der Waals surface area contributed by atoms with Crippen molar-refractivity contribution in [2.45, 2.75) is 57.0 Å². The highest BCUT2D eigenvalue weighted by Gasteiger charge is 2.15. The van der Waals surface area contributed by atoms with E-state index in [1.54, 1.807) is 7.11 Å². The lowest BCUT2D eigenvalue weighted by atomic mass is 9.96. The minimum Gasteiger partial charge on any atom is -0.395 e. The van der Waals surface area contributed by atoms with Crippen LogP contribution >= 0.6 is 0 Å². The molecule has 0 radical (unpaired) electrons. The second kappa shape index (κ2) is 8.08. The van der Waals surface area contributed by atoms with Crippen LogP contribution in [0.4, 0.5) is 0 Å². The Kier molecular flexibility index (Phi) is 6.98. The number of aliphatic hydroxyl groups is 1. The van der Waals surface area contributed by atoms with E-state index in [4.69, 9.17) is 4.74 Å². The Labute approximate surface area is 93.2 Å². The summed E-state index contributed by atoms with van der Waals surface area (Å²) in [5.74, 6) is 0. The number of hydrogen-bond acceptors (Lipinski definition) is 3. The van der Waals surface area contributed by atoms with E-state index in [-0.39, 0.29) is 12.6 Å². The van der Waals surface area contributed by atoms with Gasteiger partial charge in [0.2, 0.25) is 0 Å². The van der Waals surface area contributed by atoms with E-state index in [1.165, 1.54) is 44.9 Å². The second-order valence-corrected chi connectivity index (χ2v) is 4.54. The van der Waals surface area contributed by atoms with Crippen LogP contribution in [0.15, 0.2) is 0 Å². The van der Waals surface area contributed by atoms with Crippen molar-refractivity contribution in [3.05, 3.63) is 0 Å². The molecule has 0 aromatic carbocycles. The summed E-state index contributed by atoms with van der Waals surface area (Å²) in [5.41, 5.74) is 0. The fraction of sp³-hybridized carbons (Fsp3) is 1.00. The number of rotatable bonds is 5. The first-order valence-electron chi connectivity index (χ1n) is 6.22. The molecule has 1 fully saturated rings. The molecule has 0 spiro atoms. The highest BCUT2D eigenvalue weighted by molar-refractivity contribution is 4.75. The van der Waals surface area contributed by atoms with Crippen LogP contribution in [0.1, 0.15) is 44.9 Å². The molecule has 15 heavy (non-hydrogen) atoms. The van der Waals surface area contributed by atoms with Gasteiger partial charge in [0.1, 0.15) is 0 Å². The van der Waals surface area contributed by atoms with Gasteiger partial charge >= 0.3 is 0 Å². The van der Waals surface area contributed by atoms with Crippen LogP contribution in [0.2, 0.25) is 0 Å². The van der Waals surface area contributed by atoms with Gasteiger partial charge in [0, 0.05) is 13.2 Å². The summed E-state index contributed by atoms with van der Waals surface area (Å²) in [6.45, 7) is 0.775. The van der Waals surface area contributed by atoms with E-state index in [9.17, 15) is 5.11 Å². The van der Waals surface area contributed by atoms with Crippen LogP contribution in [0.5, 0.6) is 0 Å². The first-order valence-corrected chi connectivity index (χ1v) is 6.22. The third kappa shape index (κ3) is 5.50. The van der Waals surface area contributed by atoms with Crippen molar-refractivity contribution in [1.29, 1.82) is 0 Å². The van der Waals surface area contributed by atoms with Gasteiger partial charge in [0.25, 0.3) is 0 Å². The zero-order chi connectivity index (χ0) is 10.9. The van der Waals surface area contributed by atoms with Crippen molar-refractivity contribution in [3.63, 3.8) is 0 Å². The van der Waals surface area contributed by atoms with Crippen LogP contribution in [-0.2, 0) is 4.74 Å². The van der Waals surface area contributed by atoms with Crippen molar-refractivity contribution in [2.24, 2.45) is 0 Å². The fourth-order valence-electron chi connectivity index (χ4n) is 2.31. The molecule has 1 aliphatic rings. The minimum absolute atomic E-state index is 0.111. The Morgan fingerprint density at radius 2 is 1.80 bits per heavy atom. The number of nitrogens with one attached hydrogen (secondary N) is 1. The van der Waals surface area contributed by atoms with E-state index in [0.29, 0.717) is 12.6 Å². The molecule has 0 aliphatic heterocycles. The maximum atomic E-state index is 9.17. The van der Waals surface area contributed by atoms with Gasteiger partial charge in [0.05, 0.1) is 19.3 Å². The van der Waals surface area contributed by atoms with Gasteiger partial charge in [-0.3, -0.25) is 0 Å². The van der Waals surface area contributed by atoms with Gasteiger partial charge in [-0.15, -0.1) is 0 Å². The zero-order valence-corrected chi connectivity index (χ0v) is 9.87. The van der Waals surface area contributed by atoms with E-state index in [0.717, 1.165) is 0 Å². The van der Waals surface area contributed by atoms with E-state index in [1.807, 2.05) is 0 Å². The predicted octanol–water partition coefficient (Wildman–Crippen LogP) is 1.70. The van der Waals surface area contributed by atoms with Crippen molar-refractivity contribution in [1.82, 2.24) is 5.32 Å². The molecule has 1 aliphatic carbocycles. The molecule has 1 rings (SSSR count). The minimum atomic E-state index is 0.111. The maximum Gasteiger partial charge on any atom is 0.0638 e. The van der Waals surface area contributed by atoms with Gasteiger partial charge in [0.15, 0.2) is 0 Å². The van der Waals surface area contributed by atoms with Gasteiger partial charge in [-0.1, -0.05) is 32.1 Å². The Hall–Kier alpha value is -0.120. The van der Waals surface area contributed by atoms with Crippen molar-refractivity contribution in [2.75, 3.05) is 20.3 Å². The molecule has 2 N–H and O–H groups in total. The molecular formula is C12H25NO2. The number of aliphatic hydroxyl groups excluding tert-OH is 1. The first-order chi connectivity index (χ1) is 7.36. The maximum absolute atomic E-state index is 9.17. The molecule has 0 bridgehead atoms. The summed E-state index contributed by atoms with van der Waals surface area (Å²) in [4.78, 5) is 0. The smallest absolute Gasteiger partial charge is 0.0638 e. The molecule has 0 aromatic rings. The largest absolute Gasteiger partial charge is 0.395 e. The highest BCUT2D eigenvalue weighted by atomic mass is 16.5. The molecule has 1 atom stereocenters. The molecule has 0 aromatic heterocycles. The van der Waals surface area contributed by atoms with Gasteiger partial charge in [-0.05, 0) is 12.8 Å². The Bertz CT molecular complexity index is 145. The number of methoxy groups -OCH3 is 1. The molecule has 3 heteroatoms. The number of hydrogen-bond donors (Lipinski definition) is 2. The van der Waals surface area contributed by atoms with Crippen LogP contribution < -0.4 is 5.32 Å². The Balaban J connectivity index is 2.26. The third-order valence-electron chi connectivity index (χ3n) is 3.16. The quantitative estimate of drug-likeness (QED) is 0.733. The van der Waals surface area contributed by atoms with Crippen LogP contribution in [0.3, 0.4) is 0 Å². The Morgan fingerprint density at radius 3 is 2.33 bits per heavy atom. The predicted molar refractivity (Wildman–Crippen MR) is 62.0 cm³/mol. The molecular weight excluding hydrogens is 190 g/mol. The van der Waals surface area contributed by atoms with Gasteiger partial charge in [-0.2, -0.15) is 0 Å². The van der Waals surface area contributed by atoms with Gasteiger partial charge < -0.3 is 15.2 Å². The van der Waals surface area contributed by atoms with Crippen LogP contribution in [0, 0.1) is 0 Å². The van der Waals surface area contributed by atoms with E-state index < -0.39 is 0 Å². The van der Waals surface area contributed by atoms with E-state index >= 15 is 0 Å². The van der Waals surface area contributed by atoms with Gasteiger partial charge in [-0.25, -0.2) is 0 Å². The van der Waals surface area contributed by atoms with Crippen LogP contribution in [-0.4, -0.2) is 37.5 Å². The normalized spacial score (nSPS) is 22.0. The monoisotopic (exact) mass is 215 g/mol. The molecule has 0 amide bonds. The summed E-state index contributed by atoms with van der Waals surface area (Å²) in [6, 6.07) is 0.692. The zero-order valence-electron chi connectivity index (χ0n) is 9.87. The molecule has 90 valence electrons. The molecule has 0 heterocycles. The SMILES string of the molecule is COCC(CO)NC1CCCCCCC1. The second-order valence-electron chi connectivity index (χ2n) is 4.54. The van der Waals surface area contributed by atoms with Crippen LogP contribution in [0.25, 0.3) is 0 Å². The highest BCUT2D eigenvalue weighted by Crippen LogP contribution is 2.17. The molecule has 0 saturated heterocycles. The summed E-state index contributed by atoms with van der Waals surface area (Å²) < 4.78 is 5.07. The summed E-state index contributed by atoms with van der Waals surface area (Å²) in [5, 5.41) is 12.7. The lowest BCUT2D eigenvalue weighted by Gasteiger charge is -2.25. The summed E-state index contributed by atoms with van der Waals surface area (Å²) in [6.07, 6.45) is 9.28. The van der Waals surface area contributed by atoms with Crippen molar-refractivity contribution < 1.29 is 9.84 Å². The fourth-order valence-corrected chi connectivity index (χ4v) is 2.31. The topological polar surface area (TPSA) is 41.5 Å². The Morgan fingerprint density at radius 1 is 1.20 bits per heavy atom. The third-order valence-corrected chi connectivity index (χ3v) is 3.16. The lowest BCUT2D eigenvalue weighted by molar-refractivity contribution is 0.119. The average Bonchev–Trinajstić information content (AvgIpc) is 2.20. The summed E-state index contributed by atoms with van der Waals surface area (Å²) in [7, 11) is 1.68. The molecule has 1 unspecified atom stereocenters. The summed E-state index contributed by atoms with van der Waals surface area (Å²) >= 11 is 0. The number of ether oxygens (including phenoxy) is 1. The van der Waals surface area contributed by atoms with Crippen molar-refractivity contribution in [3.8, 4) is 0 Å². The van der Waals surface area contributed by atoms with E-state index in [2.05, 4.69) is 5.32 Å². The first kappa shape index (κ1) is 12.9. The standard InChI is InChI=1S/C12H25NO2/c1-15-10-12(9-14)13-11-7-5-3-2-4-6-8-11/h11-14H,2-10H2,1H3. The van der Waals surface area contributed by atoms with Crippen molar-refractivity contribution >= 4 is 0 Å². The lowest BCUT2D eigenvalue weighted by Crippen LogP contribution is -2.43. The molecule has 3 nitrogen and oxygen atoms in total. The molecule has 1 saturated carbocycles.